The molecule has 0 bridgehead atoms. The smallest absolute Gasteiger partial charge is 0.242 e. The summed E-state index contributed by atoms with van der Waals surface area (Å²) in [7, 11) is 4.31. The van der Waals surface area contributed by atoms with Gasteiger partial charge in [-0.1, -0.05) is 54.6 Å². The molecule has 0 amide bonds. The first-order valence-electron chi connectivity index (χ1n) is 12.0. The lowest BCUT2D eigenvalue weighted by atomic mass is 10.2. The SMILES string of the molecule is Cc1ccccc1-n1c2ccccc2c2ccc(-n3c4ccccc4c4ccc[n+](C)c43)[n+](C)c21. The van der Waals surface area contributed by atoms with Crippen molar-refractivity contribution in [3.8, 4) is 11.5 Å². The van der Waals surface area contributed by atoms with Gasteiger partial charge in [-0.05, 0) is 48.9 Å². The molecule has 0 spiro atoms. The molecule has 4 aromatic heterocycles. The van der Waals surface area contributed by atoms with Crippen LogP contribution in [0.4, 0.5) is 0 Å². The van der Waals surface area contributed by atoms with Gasteiger partial charge < -0.3 is 0 Å². The van der Waals surface area contributed by atoms with Crippen molar-refractivity contribution >= 4 is 43.9 Å². The van der Waals surface area contributed by atoms with Gasteiger partial charge in [0.15, 0.2) is 0 Å². The van der Waals surface area contributed by atoms with Gasteiger partial charge in [-0.3, -0.25) is 0 Å². The molecule has 35 heavy (non-hydrogen) atoms. The van der Waals surface area contributed by atoms with Crippen LogP contribution in [0.5, 0.6) is 0 Å². The zero-order chi connectivity index (χ0) is 23.7. The van der Waals surface area contributed by atoms with E-state index in [2.05, 4.69) is 143 Å². The molecule has 7 aromatic rings. The summed E-state index contributed by atoms with van der Waals surface area (Å²) >= 11 is 0. The molecular formula is C31H26N4+2. The van der Waals surface area contributed by atoms with E-state index in [9.17, 15) is 0 Å². The summed E-state index contributed by atoms with van der Waals surface area (Å²) in [6, 6.07) is 34.9. The molecule has 168 valence electrons. The Bertz CT molecular complexity index is 1940. The first-order chi connectivity index (χ1) is 17.1. The molecule has 0 unspecified atom stereocenters. The van der Waals surface area contributed by atoms with Gasteiger partial charge >= 0.3 is 0 Å². The van der Waals surface area contributed by atoms with Gasteiger partial charge in [0, 0.05) is 16.8 Å². The molecule has 4 heteroatoms. The first-order valence-corrected chi connectivity index (χ1v) is 12.0. The largest absolute Gasteiger partial charge is 0.269 e. The van der Waals surface area contributed by atoms with Crippen LogP contribution in [-0.2, 0) is 14.1 Å². The minimum absolute atomic E-state index is 1.13. The molecule has 0 aliphatic carbocycles. The first kappa shape index (κ1) is 20.0. The Morgan fingerprint density at radius 3 is 1.89 bits per heavy atom. The predicted molar refractivity (Wildman–Crippen MR) is 142 cm³/mol. The molecule has 0 aliphatic rings. The summed E-state index contributed by atoms with van der Waals surface area (Å²) in [5, 5.41) is 5.03. The third kappa shape index (κ3) is 2.68. The summed E-state index contributed by atoms with van der Waals surface area (Å²) in [6.45, 7) is 2.19. The molecule has 0 aliphatic heterocycles. The fraction of sp³-hybridized carbons (Fsp3) is 0.0968. The summed E-state index contributed by atoms with van der Waals surface area (Å²) in [6.07, 6.45) is 2.13. The van der Waals surface area contributed by atoms with E-state index in [4.69, 9.17) is 0 Å². The molecule has 4 nitrogen and oxygen atoms in total. The predicted octanol–water partition coefficient (Wildman–Crippen LogP) is 5.84. The lowest BCUT2D eigenvalue weighted by molar-refractivity contribution is -0.653. The van der Waals surface area contributed by atoms with Crippen molar-refractivity contribution in [2.75, 3.05) is 0 Å². The standard InChI is InChI=1S/C31H26N4/c1-21-11-4-7-15-26(21)34-27-16-8-5-13-23(27)25-18-19-29(33(3)31(25)34)35-28-17-9-6-12-22(28)24-14-10-20-32(2)30(24)35/h4-20H,1-3H3/q+2. The molecule has 0 N–H and O–H groups in total. The van der Waals surface area contributed by atoms with Gasteiger partial charge in [0.2, 0.25) is 11.5 Å². The lowest BCUT2D eigenvalue weighted by Crippen LogP contribution is -2.38. The van der Waals surface area contributed by atoms with Gasteiger partial charge in [-0.15, -0.1) is 0 Å². The number of nitrogens with zero attached hydrogens (tertiary/aromatic N) is 4. The number of para-hydroxylation sites is 3. The minimum Gasteiger partial charge on any atom is -0.242 e. The van der Waals surface area contributed by atoms with Gasteiger partial charge in [0.05, 0.1) is 31.1 Å². The second kappa shape index (κ2) is 7.28. The topological polar surface area (TPSA) is 17.6 Å². The van der Waals surface area contributed by atoms with E-state index >= 15 is 0 Å². The van der Waals surface area contributed by atoms with Crippen molar-refractivity contribution in [2.24, 2.45) is 14.1 Å². The van der Waals surface area contributed by atoms with Crippen molar-refractivity contribution < 1.29 is 9.13 Å². The number of aromatic nitrogens is 4. The third-order valence-corrected chi connectivity index (χ3v) is 7.33. The fourth-order valence-electron chi connectivity index (χ4n) is 5.74. The second-order valence-corrected chi connectivity index (χ2v) is 9.34. The number of pyridine rings is 2. The average Bonchev–Trinajstić information content (AvgIpc) is 3.40. The van der Waals surface area contributed by atoms with E-state index < -0.39 is 0 Å². The monoisotopic (exact) mass is 454 g/mol. The Kier molecular flexibility index (Phi) is 4.15. The van der Waals surface area contributed by atoms with Crippen molar-refractivity contribution in [3.63, 3.8) is 0 Å². The normalized spacial score (nSPS) is 11.9. The second-order valence-electron chi connectivity index (χ2n) is 9.34. The summed E-state index contributed by atoms with van der Waals surface area (Å²) in [5.74, 6) is 1.13. The van der Waals surface area contributed by atoms with E-state index in [1.54, 1.807) is 0 Å². The van der Waals surface area contributed by atoms with Crippen LogP contribution in [0.15, 0.2) is 103 Å². The Morgan fingerprint density at radius 2 is 1.14 bits per heavy atom. The van der Waals surface area contributed by atoms with Gasteiger partial charge in [0.25, 0.3) is 5.65 Å². The zero-order valence-electron chi connectivity index (χ0n) is 20.1. The van der Waals surface area contributed by atoms with Gasteiger partial charge in [0.1, 0.15) is 16.7 Å². The van der Waals surface area contributed by atoms with Crippen LogP contribution < -0.4 is 9.13 Å². The minimum atomic E-state index is 1.13. The van der Waals surface area contributed by atoms with Crippen molar-refractivity contribution in [2.45, 2.75) is 6.92 Å². The van der Waals surface area contributed by atoms with E-state index in [0.29, 0.717) is 0 Å². The Morgan fingerprint density at radius 1 is 0.543 bits per heavy atom. The third-order valence-electron chi connectivity index (χ3n) is 7.33. The Hall–Kier alpha value is -4.44. The van der Waals surface area contributed by atoms with Crippen LogP contribution in [0.1, 0.15) is 5.56 Å². The zero-order valence-corrected chi connectivity index (χ0v) is 20.1. The van der Waals surface area contributed by atoms with Crippen LogP contribution in [0.25, 0.3) is 55.4 Å². The van der Waals surface area contributed by atoms with Crippen molar-refractivity contribution in [3.05, 3.63) is 109 Å². The average molecular weight is 455 g/mol. The molecule has 0 saturated carbocycles. The highest BCUT2D eigenvalue weighted by atomic mass is 15.2. The highest BCUT2D eigenvalue weighted by Crippen LogP contribution is 2.33. The Labute approximate surface area is 203 Å². The number of aryl methyl sites for hydroxylation is 3. The summed E-state index contributed by atoms with van der Waals surface area (Å²) < 4.78 is 9.37. The van der Waals surface area contributed by atoms with E-state index in [1.165, 1.54) is 55.1 Å². The molecule has 0 saturated heterocycles. The van der Waals surface area contributed by atoms with Crippen LogP contribution >= 0.6 is 0 Å². The molecule has 3 aromatic carbocycles. The maximum absolute atomic E-state index is 2.41. The van der Waals surface area contributed by atoms with Crippen LogP contribution in [0, 0.1) is 6.92 Å². The number of benzene rings is 3. The molecule has 0 atom stereocenters. The summed E-state index contributed by atoms with van der Waals surface area (Å²) in [4.78, 5) is 0. The van der Waals surface area contributed by atoms with E-state index in [1.807, 2.05) is 0 Å². The van der Waals surface area contributed by atoms with Gasteiger partial charge in [-0.2, -0.15) is 4.57 Å². The quantitative estimate of drug-likeness (QED) is 0.292. The van der Waals surface area contributed by atoms with Crippen LogP contribution in [0.3, 0.4) is 0 Å². The van der Waals surface area contributed by atoms with Crippen molar-refractivity contribution in [1.82, 2.24) is 9.13 Å². The molecule has 7 rings (SSSR count). The molecule has 0 fully saturated rings. The Balaban J connectivity index is 1.68. The number of hydrogen-bond acceptors (Lipinski definition) is 0. The highest BCUT2D eigenvalue weighted by Gasteiger charge is 2.26. The van der Waals surface area contributed by atoms with Crippen LogP contribution in [-0.4, -0.2) is 9.13 Å². The van der Waals surface area contributed by atoms with Gasteiger partial charge in [-0.25, -0.2) is 13.7 Å². The van der Waals surface area contributed by atoms with E-state index in [-0.39, 0.29) is 0 Å². The number of hydrogen-bond donors (Lipinski definition) is 0. The summed E-state index contributed by atoms with van der Waals surface area (Å²) in [5.41, 5.74) is 7.25. The van der Waals surface area contributed by atoms with Crippen molar-refractivity contribution in [1.29, 1.82) is 0 Å². The molecular weight excluding hydrogens is 428 g/mol. The van der Waals surface area contributed by atoms with Crippen LogP contribution in [0.2, 0.25) is 0 Å². The molecule has 4 heterocycles. The van der Waals surface area contributed by atoms with E-state index in [0.717, 1.165) is 5.82 Å². The lowest BCUT2D eigenvalue weighted by Gasteiger charge is -2.11. The fourth-order valence-corrected chi connectivity index (χ4v) is 5.74. The maximum Gasteiger partial charge on any atom is 0.269 e. The maximum atomic E-state index is 2.41. The number of fused-ring (bicyclic) bond motifs is 6. The highest BCUT2D eigenvalue weighted by molar-refractivity contribution is 6.08. The number of rotatable bonds is 2. The molecule has 0 radical (unpaired) electrons.